The van der Waals surface area contributed by atoms with Gasteiger partial charge in [0.15, 0.2) is 0 Å². The second-order valence-corrected chi connectivity index (χ2v) is 4.58. The second kappa shape index (κ2) is 5.27. The number of aliphatic hydroxyl groups is 1. The van der Waals surface area contributed by atoms with E-state index in [1.54, 1.807) is 18.1 Å². The Bertz CT molecular complexity index is 470. The van der Waals surface area contributed by atoms with Crippen molar-refractivity contribution in [2.75, 3.05) is 5.75 Å². The van der Waals surface area contributed by atoms with Crippen molar-refractivity contribution in [1.82, 2.24) is 9.97 Å². The van der Waals surface area contributed by atoms with Crippen LogP contribution in [0, 0.1) is 0 Å². The summed E-state index contributed by atoms with van der Waals surface area (Å²) in [6.07, 6.45) is 2.08. The third-order valence-electron chi connectivity index (χ3n) is 2.39. The van der Waals surface area contributed by atoms with Crippen molar-refractivity contribution in [3.05, 3.63) is 30.6 Å². The summed E-state index contributed by atoms with van der Waals surface area (Å²) < 4.78 is 0. The van der Waals surface area contributed by atoms with Gasteiger partial charge in [-0.05, 0) is 12.5 Å². The number of hydrogen-bond donors (Lipinski definition) is 1. The molecule has 0 aliphatic rings. The summed E-state index contributed by atoms with van der Waals surface area (Å²) in [6, 6.07) is 7.92. The quantitative estimate of drug-likeness (QED) is 0.652. The lowest BCUT2D eigenvalue weighted by molar-refractivity contribution is 0.195. The molecule has 3 nitrogen and oxygen atoms in total. The maximum atomic E-state index is 9.53. The molecule has 0 fully saturated rings. The first-order valence-corrected chi connectivity index (χ1v) is 6.30. The SMILES string of the molecule is CCC(O)CSc1ncnc2ccccc12. The van der Waals surface area contributed by atoms with E-state index in [0.29, 0.717) is 5.75 Å². The molecule has 2 aromatic rings. The number of para-hydroxylation sites is 1. The minimum Gasteiger partial charge on any atom is -0.392 e. The first-order chi connectivity index (χ1) is 7.81. The highest BCUT2D eigenvalue weighted by atomic mass is 32.2. The molecule has 0 saturated heterocycles. The molecule has 1 aromatic carbocycles. The van der Waals surface area contributed by atoms with Crippen LogP contribution in [0.25, 0.3) is 10.9 Å². The third-order valence-corrected chi connectivity index (χ3v) is 3.54. The van der Waals surface area contributed by atoms with Crippen LogP contribution in [0.4, 0.5) is 0 Å². The lowest BCUT2D eigenvalue weighted by atomic mass is 10.2. The van der Waals surface area contributed by atoms with Crippen molar-refractivity contribution in [2.24, 2.45) is 0 Å². The van der Waals surface area contributed by atoms with Gasteiger partial charge < -0.3 is 5.11 Å². The van der Waals surface area contributed by atoms with Gasteiger partial charge in [0, 0.05) is 11.1 Å². The molecule has 1 N–H and O–H groups in total. The molecule has 0 radical (unpaired) electrons. The van der Waals surface area contributed by atoms with E-state index in [4.69, 9.17) is 0 Å². The van der Waals surface area contributed by atoms with Crippen LogP contribution in [-0.4, -0.2) is 26.9 Å². The highest BCUT2D eigenvalue weighted by molar-refractivity contribution is 7.99. The predicted molar refractivity (Wildman–Crippen MR) is 66.6 cm³/mol. The largest absolute Gasteiger partial charge is 0.392 e. The standard InChI is InChI=1S/C12H14N2OS/c1-2-9(15)7-16-12-10-5-3-4-6-11(10)13-8-14-12/h3-6,8-9,15H,2,7H2,1H3. The van der Waals surface area contributed by atoms with Crippen LogP contribution >= 0.6 is 11.8 Å². The van der Waals surface area contributed by atoms with Crippen molar-refractivity contribution in [3.63, 3.8) is 0 Å². The molecule has 1 atom stereocenters. The average molecular weight is 234 g/mol. The Balaban J connectivity index is 2.23. The summed E-state index contributed by atoms with van der Waals surface area (Å²) in [7, 11) is 0. The van der Waals surface area contributed by atoms with Gasteiger partial charge in [-0.2, -0.15) is 0 Å². The first-order valence-electron chi connectivity index (χ1n) is 5.32. The van der Waals surface area contributed by atoms with Gasteiger partial charge in [0.2, 0.25) is 0 Å². The Morgan fingerprint density at radius 2 is 2.12 bits per heavy atom. The fourth-order valence-corrected chi connectivity index (χ4v) is 2.42. The monoisotopic (exact) mass is 234 g/mol. The fraction of sp³-hybridized carbons (Fsp3) is 0.333. The molecule has 0 spiro atoms. The van der Waals surface area contributed by atoms with Gasteiger partial charge in [0.1, 0.15) is 11.4 Å². The van der Waals surface area contributed by atoms with Crippen LogP contribution in [0.2, 0.25) is 0 Å². The zero-order valence-electron chi connectivity index (χ0n) is 9.13. The Hall–Kier alpha value is -1.13. The Morgan fingerprint density at radius 3 is 2.94 bits per heavy atom. The predicted octanol–water partition coefficient (Wildman–Crippen LogP) is 2.49. The van der Waals surface area contributed by atoms with Crippen molar-refractivity contribution in [3.8, 4) is 0 Å². The van der Waals surface area contributed by atoms with Gasteiger partial charge in [-0.1, -0.05) is 25.1 Å². The smallest absolute Gasteiger partial charge is 0.117 e. The summed E-state index contributed by atoms with van der Waals surface area (Å²) >= 11 is 1.58. The molecule has 0 saturated carbocycles. The number of aliphatic hydroxyl groups excluding tert-OH is 1. The minimum atomic E-state index is -0.265. The normalized spacial score (nSPS) is 12.9. The summed E-state index contributed by atoms with van der Waals surface area (Å²) in [5.41, 5.74) is 0.950. The van der Waals surface area contributed by atoms with Crippen LogP contribution in [0.3, 0.4) is 0 Å². The molecule has 0 aliphatic carbocycles. The Labute approximate surface area is 98.9 Å². The maximum absolute atomic E-state index is 9.53. The van der Waals surface area contributed by atoms with Crippen LogP contribution in [-0.2, 0) is 0 Å². The summed E-state index contributed by atoms with van der Waals surface area (Å²) in [5.74, 6) is 0.678. The van der Waals surface area contributed by atoms with Crippen LogP contribution in [0.1, 0.15) is 13.3 Å². The van der Waals surface area contributed by atoms with E-state index >= 15 is 0 Å². The lowest BCUT2D eigenvalue weighted by Gasteiger charge is -2.07. The third kappa shape index (κ3) is 2.51. The number of thioether (sulfide) groups is 1. The number of hydrogen-bond acceptors (Lipinski definition) is 4. The zero-order valence-corrected chi connectivity index (χ0v) is 9.94. The lowest BCUT2D eigenvalue weighted by Crippen LogP contribution is -2.07. The van der Waals surface area contributed by atoms with E-state index in [-0.39, 0.29) is 6.10 Å². The Kier molecular flexibility index (Phi) is 3.74. The van der Waals surface area contributed by atoms with Crippen LogP contribution in [0.15, 0.2) is 35.6 Å². The minimum absolute atomic E-state index is 0.265. The average Bonchev–Trinajstić information content (AvgIpc) is 2.35. The van der Waals surface area contributed by atoms with Gasteiger partial charge in [-0.25, -0.2) is 9.97 Å². The molecule has 84 valence electrons. The molecule has 0 bridgehead atoms. The van der Waals surface area contributed by atoms with Gasteiger partial charge in [-0.15, -0.1) is 11.8 Å². The Morgan fingerprint density at radius 1 is 1.31 bits per heavy atom. The number of aromatic nitrogens is 2. The van der Waals surface area contributed by atoms with Crippen molar-refractivity contribution in [1.29, 1.82) is 0 Å². The molecule has 1 aromatic heterocycles. The molecule has 0 amide bonds. The van der Waals surface area contributed by atoms with E-state index in [0.717, 1.165) is 22.3 Å². The van der Waals surface area contributed by atoms with Crippen molar-refractivity contribution >= 4 is 22.7 Å². The highest BCUT2D eigenvalue weighted by Gasteiger charge is 2.06. The maximum Gasteiger partial charge on any atom is 0.117 e. The summed E-state index contributed by atoms with van der Waals surface area (Å²) in [6.45, 7) is 1.98. The molecular formula is C12H14N2OS. The van der Waals surface area contributed by atoms with Gasteiger partial charge >= 0.3 is 0 Å². The number of nitrogens with zero attached hydrogens (tertiary/aromatic N) is 2. The molecular weight excluding hydrogens is 220 g/mol. The number of benzene rings is 1. The van der Waals surface area contributed by atoms with E-state index < -0.39 is 0 Å². The molecule has 1 unspecified atom stereocenters. The van der Waals surface area contributed by atoms with Crippen molar-refractivity contribution < 1.29 is 5.11 Å². The highest BCUT2D eigenvalue weighted by Crippen LogP contribution is 2.24. The molecule has 0 aliphatic heterocycles. The fourth-order valence-electron chi connectivity index (χ4n) is 1.39. The summed E-state index contributed by atoms with van der Waals surface area (Å²) in [4.78, 5) is 8.46. The van der Waals surface area contributed by atoms with Gasteiger partial charge in [0.05, 0.1) is 11.6 Å². The molecule has 4 heteroatoms. The molecule has 16 heavy (non-hydrogen) atoms. The first kappa shape index (κ1) is 11.4. The van der Waals surface area contributed by atoms with Gasteiger partial charge in [-0.3, -0.25) is 0 Å². The van der Waals surface area contributed by atoms with Crippen molar-refractivity contribution in [2.45, 2.75) is 24.5 Å². The van der Waals surface area contributed by atoms with Gasteiger partial charge in [0.25, 0.3) is 0 Å². The zero-order chi connectivity index (χ0) is 11.4. The topological polar surface area (TPSA) is 46.0 Å². The van der Waals surface area contributed by atoms with Crippen LogP contribution < -0.4 is 0 Å². The summed E-state index contributed by atoms with van der Waals surface area (Å²) in [5, 5.41) is 11.5. The number of rotatable bonds is 4. The van der Waals surface area contributed by atoms with E-state index in [2.05, 4.69) is 9.97 Å². The number of fused-ring (bicyclic) bond motifs is 1. The second-order valence-electron chi connectivity index (χ2n) is 3.57. The molecule has 2 rings (SSSR count). The van der Waals surface area contributed by atoms with E-state index in [1.807, 2.05) is 31.2 Å². The van der Waals surface area contributed by atoms with E-state index in [9.17, 15) is 5.11 Å². The van der Waals surface area contributed by atoms with E-state index in [1.165, 1.54) is 0 Å². The molecule has 1 heterocycles. The van der Waals surface area contributed by atoms with Crippen LogP contribution in [0.5, 0.6) is 0 Å².